The van der Waals surface area contributed by atoms with Crippen LogP contribution in [0.15, 0.2) is 30.3 Å². The van der Waals surface area contributed by atoms with E-state index < -0.39 is 6.04 Å². The quantitative estimate of drug-likeness (QED) is 0.633. The van der Waals surface area contributed by atoms with Gasteiger partial charge in [-0.25, -0.2) is 0 Å². The Kier molecular flexibility index (Phi) is 3.74. The van der Waals surface area contributed by atoms with Gasteiger partial charge in [-0.15, -0.1) is 0 Å². The number of benzene rings is 1. The maximum absolute atomic E-state index is 11.7. The van der Waals surface area contributed by atoms with Crippen molar-refractivity contribution in [3.8, 4) is 0 Å². The zero-order valence-corrected chi connectivity index (χ0v) is 12.9. The van der Waals surface area contributed by atoms with Crippen LogP contribution in [0, 0.1) is 15.5 Å². The lowest BCUT2D eigenvalue weighted by molar-refractivity contribution is -0.562. The summed E-state index contributed by atoms with van der Waals surface area (Å²) >= 11 is 0. The maximum Gasteiger partial charge on any atom is 0.236 e. The summed E-state index contributed by atoms with van der Waals surface area (Å²) in [6, 6.07) is 9.61. The summed E-state index contributed by atoms with van der Waals surface area (Å²) in [5, 5.41) is 11.7. The molecule has 3 unspecified atom stereocenters. The van der Waals surface area contributed by atoms with Crippen LogP contribution in [0.5, 0.6) is 0 Å². The molecule has 1 saturated carbocycles. The van der Waals surface area contributed by atoms with E-state index in [0.29, 0.717) is 0 Å². The van der Waals surface area contributed by atoms with Gasteiger partial charge in [0, 0.05) is 10.3 Å². The fraction of sp³-hybridized carbons (Fsp3) is 0.647. The van der Waals surface area contributed by atoms with Crippen LogP contribution in [0.4, 0.5) is 0 Å². The van der Waals surface area contributed by atoms with E-state index in [4.69, 9.17) is 0 Å². The largest absolute Gasteiger partial charge is 0.294 e. The van der Waals surface area contributed by atoms with Gasteiger partial charge < -0.3 is 0 Å². The third-order valence-electron chi connectivity index (χ3n) is 5.42. The van der Waals surface area contributed by atoms with Crippen LogP contribution in [-0.4, -0.2) is 35.0 Å². The fourth-order valence-electron chi connectivity index (χ4n) is 4.54. The highest BCUT2D eigenvalue weighted by Crippen LogP contribution is 2.56. The summed E-state index contributed by atoms with van der Waals surface area (Å²) in [6.07, 6.45) is 3.61. The summed E-state index contributed by atoms with van der Waals surface area (Å²) in [6.45, 7) is 6.42. The van der Waals surface area contributed by atoms with Gasteiger partial charge >= 0.3 is 0 Å². The molecule has 1 aliphatic carbocycles. The number of hydrogen-bond acceptors (Lipinski definition) is 3. The van der Waals surface area contributed by atoms with Gasteiger partial charge in [0.25, 0.3) is 0 Å². The lowest BCUT2D eigenvalue weighted by atomic mass is 9.52. The van der Waals surface area contributed by atoms with Crippen molar-refractivity contribution in [2.75, 3.05) is 13.1 Å². The van der Waals surface area contributed by atoms with E-state index in [1.807, 2.05) is 30.3 Å². The molecule has 4 heteroatoms. The molecule has 21 heavy (non-hydrogen) atoms. The first-order valence-corrected chi connectivity index (χ1v) is 7.96. The molecule has 0 radical (unpaired) electrons. The highest BCUT2D eigenvalue weighted by atomic mass is 16.6. The number of piperidine rings is 1. The van der Waals surface area contributed by atoms with Crippen LogP contribution in [0.2, 0.25) is 0 Å². The second kappa shape index (κ2) is 5.41. The predicted molar refractivity (Wildman–Crippen MR) is 83.0 cm³/mol. The second-order valence-corrected chi connectivity index (χ2v) is 7.03. The normalized spacial score (nSPS) is 32.4. The van der Waals surface area contributed by atoms with Crippen LogP contribution in [0.1, 0.15) is 44.6 Å². The first-order chi connectivity index (χ1) is 10.0. The van der Waals surface area contributed by atoms with Crippen molar-refractivity contribution in [2.45, 2.75) is 51.1 Å². The molecule has 1 aliphatic heterocycles. The molecule has 0 aromatic heterocycles. The SMILES string of the molecule is CC1(C)C(c2ccccc2)C([N+](=O)[O-])C1N1CCCCC1. The van der Waals surface area contributed by atoms with E-state index in [0.717, 1.165) is 18.7 Å². The Morgan fingerprint density at radius 3 is 2.33 bits per heavy atom. The Hall–Kier alpha value is -1.42. The van der Waals surface area contributed by atoms with E-state index in [9.17, 15) is 10.1 Å². The van der Waals surface area contributed by atoms with Gasteiger partial charge in [0.15, 0.2) is 0 Å². The van der Waals surface area contributed by atoms with Crippen LogP contribution in [0.25, 0.3) is 0 Å². The molecule has 1 aromatic carbocycles. The molecule has 2 aliphatic rings. The van der Waals surface area contributed by atoms with Crippen molar-refractivity contribution in [3.63, 3.8) is 0 Å². The number of likely N-dealkylation sites (tertiary alicyclic amines) is 1. The maximum atomic E-state index is 11.7. The molecule has 0 bridgehead atoms. The van der Waals surface area contributed by atoms with Gasteiger partial charge in [-0.3, -0.25) is 15.0 Å². The average Bonchev–Trinajstić information content (AvgIpc) is 2.47. The van der Waals surface area contributed by atoms with Gasteiger partial charge in [0.1, 0.15) is 0 Å². The summed E-state index contributed by atoms with van der Waals surface area (Å²) in [7, 11) is 0. The van der Waals surface area contributed by atoms with Crippen molar-refractivity contribution in [3.05, 3.63) is 46.0 Å². The number of nitro groups is 1. The van der Waals surface area contributed by atoms with Crippen molar-refractivity contribution in [1.29, 1.82) is 0 Å². The van der Waals surface area contributed by atoms with Crippen molar-refractivity contribution in [2.24, 2.45) is 5.41 Å². The highest BCUT2D eigenvalue weighted by molar-refractivity contribution is 5.30. The molecule has 1 heterocycles. The minimum atomic E-state index is -0.472. The molecule has 3 atom stereocenters. The standard InChI is InChI=1S/C17H24N2O2/c1-17(2)14(13-9-5-3-6-10-13)15(19(20)21)16(17)18-11-7-4-8-12-18/h3,5-6,9-10,14-16H,4,7-8,11-12H2,1-2H3. The predicted octanol–water partition coefficient (Wildman–Crippen LogP) is 3.31. The van der Waals surface area contributed by atoms with Crippen molar-refractivity contribution in [1.82, 2.24) is 4.90 Å². The molecule has 2 fully saturated rings. The van der Waals surface area contributed by atoms with Gasteiger partial charge in [-0.2, -0.15) is 0 Å². The molecule has 114 valence electrons. The van der Waals surface area contributed by atoms with E-state index in [1.165, 1.54) is 19.3 Å². The van der Waals surface area contributed by atoms with Crippen LogP contribution in [0.3, 0.4) is 0 Å². The zero-order valence-electron chi connectivity index (χ0n) is 12.9. The molecule has 1 saturated heterocycles. The fourth-order valence-corrected chi connectivity index (χ4v) is 4.54. The molecule has 0 amide bonds. The van der Waals surface area contributed by atoms with Gasteiger partial charge in [-0.05, 0) is 31.5 Å². The molecule has 0 N–H and O–H groups in total. The van der Waals surface area contributed by atoms with Crippen LogP contribution in [-0.2, 0) is 0 Å². The van der Waals surface area contributed by atoms with Crippen molar-refractivity contribution < 1.29 is 4.92 Å². The Morgan fingerprint density at radius 1 is 1.14 bits per heavy atom. The Balaban J connectivity index is 1.90. The number of rotatable bonds is 3. The Labute approximate surface area is 126 Å². The first kappa shape index (κ1) is 14.5. The van der Waals surface area contributed by atoms with E-state index >= 15 is 0 Å². The Morgan fingerprint density at radius 2 is 1.76 bits per heavy atom. The molecular formula is C17H24N2O2. The Bertz CT molecular complexity index is 509. The first-order valence-electron chi connectivity index (χ1n) is 7.96. The van der Waals surface area contributed by atoms with Crippen LogP contribution < -0.4 is 0 Å². The molecule has 4 nitrogen and oxygen atoms in total. The minimum Gasteiger partial charge on any atom is -0.294 e. The summed E-state index contributed by atoms with van der Waals surface area (Å²) in [5.74, 6) is 0.0145. The lowest BCUT2D eigenvalue weighted by Gasteiger charge is -2.57. The van der Waals surface area contributed by atoms with Crippen molar-refractivity contribution >= 4 is 0 Å². The summed E-state index contributed by atoms with van der Waals surface area (Å²) < 4.78 is 0. The minimum absolute atomic E-state index is 0.0145. The number of nitrogens with zero attached hydrogens (tertiary/aromatic N) is 2. The highest BCUT2D eigenvalue weighted by Gasteiger charge is 2.65. The van der Waals surface area contributed by atoms with Gasteiger partial charge in [-0.1, -0.05) is 50.6 Å². The number of hydrogen-bond donors (Lipinski definition) is 0. The smallest absolute Gasteiger partial charge is 0.236 e. The summed E-state index contributed by atoms with van der Waals surface area (Å²) in [5.41, 5.74) is 1.06. The van der Waals surface area contributed by atoms with Gasteiger partial charge in [0.2, 0.25) is 6.04 Å². The second-order valence-electron chi connectivity index (χ2n) is 7.03. The molecular weight excluding hydrogens is 264 g/mol. The third-order valence-corrected chi connectivity index (χ3v) is 5.42. The zero-order chi connectivity index (χ0) is 15.0. The molecule has 3 rings (SSSR count). The average molecular weight is 288 g/mol. The summed E-state index contributed by atoms with van der Waals surface area (Å²) in [4.78, 5) is 14.0. The van der Waals surface area contributed by atoms with Gasteiger partial charge in [0.05, 0.1) is 12.0 Å². The molecule has 1 aromatic rings. The van der Waals surface area contributed by atoms with Crippen LogP contribution >= 0.6 is 0 Å². The van der Waals surface area contributed by atoms with E-state index in [1.54, 1.807) is 0 Å². The lowest BCUT2D eigenvalue weighted by Crippen LogP contribution is -2.70. The van der Waals surface area contributed by atoms with E-state index in [2.05, 4.69) is 18.7 Å². The monoisotopic (exact) mass is 288 g/mol. The molecule has 0 spiro atoms. The topological polar surface area (TPSA) is 46.4 Å². The third kappa shape index (κ3) is 2.35. The van der Waals surface area contributed by atoms with E-state index in [-0.39, 0.29) is 22.3 Å².